The molecule has 0 aliphatic carbocycles. The monoisotopic (exact) mass is 318 g/mol. The molecule has 21 heavy (non-hydrogen) atoms. The van der Waals surface area contributed by atoms with Gasteiger partial charge in [0.2, 0.25) is 0 Å². The van der Waals surface area contributed by atoms with Gasteiger partial charge in [-0.3, -0.25) is 0 Å². The van der Waals surface area contributed by atoms with Gasteiger partial charge in [0.05, 0.1) is 0 Å². The second-order valence-corrected chi connectivity index (χ2v) is 6.43. The first-order valence-electron chi connectivity index (χ1n) is 6.64. The van der Waals surface area contributed by atoms with E-state index in [2.05, 4.69) is 29.1 Å². The van der Waals surface area contributed by atoms with Crippen LogP contribution in [0.1, 0.15) is 37.2 Å². The number of thioether (sulfide) groups is 1. The van der Waals surface area contributed by atoms with Gasteiger partial charge in [-0.2, -0.15) is 22.8 Å². The number of fused-ring (bicyclic) bond motifs is 1. The molecule has 0 aromatic carbocycles. The van der Waals surface area contributed by atoms with Crippen LogP contribution in [0.2, 0.25) is 0 Å². The third-order valence-electron chi connectivity index (χ3n) is 3.24. The average Bonchev–Trinajstić information content (AvgIpc) is 2.78. The molecule has 0 atom stereocenters. The highest BCUT2D eigenvalue weighted by molar-refractivity contribution is 7.99. The predicted octanol–water partition coefficient (Wildman–Crippen LogP) is 3.90. The Balaban J connectivity index is 2.44. The van der Waals surface area contributed by atoms with Gasteiger partial charge in [-0.15, -0.1) is 22.0 Å². The SMILES string of the molecule is Cc1c(SCCC(C)C)nn2c(C(F)(F)F)nnc2c1C. The largest absolute Gasteiger partial charge is 0.453 e. The molecule has 4 nitrogen and oxygen atoms in total. The molecule has 0 bridgehead atoms. The Morgan fingerprint density at radius 1 is 1.14 bits per heavy atom. The molecule has 0 aliphatic heterocycles. The standard InChI is InChI=1S/C13H17F3N4S/c1-7(2)5-6-21-11-9(4)8(3)10-17-18-12(13(14,15)16)20(10)19-11/h7H,5-6H2,1-4H3. The molecular formula is C13H17F3N4S. The first kappa shape index (κ1) is 16.1. The first-order valence-corrected chi connectivity index (χ1v) is 7.63. The van der Waals surface area contributed by atoms with E-state index in [1.165, 1.54) is 11.8 Å². The van der Waals surface area contributed by atoms with Gasteiger partial charge < -0.3 is 0 Å². The van der Waals surface area contributed by atoms with Crippen LogP contribution in [0.4, 0.5) is 13.2 Å². The molecule has 0 N–H and O–H groups in total. The van der Waals surface area contributed by atoms with Crippen molar-refractivity contribution in [3.05, 3.63) is 17.0 Å². The Hall–Kier alpha value is -1.31. The summed E-state index contributed by atoms with van der Waals surface area (Å²) in [6.07, 6.45) is -3.58. The Bertz CT molecular complexity index is 649. The number of rotatable bonds is 4. The van der Waals surface area contributed by atoms with Crippen LogP contribution in [0.15, 0.2) is 5.03 Å². The van der Waals surface area contributed by atoms with Crippen LogP contribution in [-0.4, -0.2) is 25.6 Å². The van der Waals surface area contributed by atoms with E-state index in [-0.39, 0.29) is 5.65 Å². The number of aryl methyl sites for hydroxylation is 1. The number of hydrogen-bond donors (Lipinski definition) is 0. The molecule has 0 saturated heterocycles. The maximum absolute atomic E-state index is 12.9. The Morgan fingerprint density at radius 2 is 1.81 bits per heavy atom. The second kappa shape index (κ2) is 5.82. The Kier molecular flexibility index (Phi) is 4.46. The molecule has 0 aliphatic rings. The van der Waals surface area contributed by atoms with Crippen LogP contribution in [0.3, 0.4) is 0 Å². The number of nitrogens with zero attached hydrogens (tertiary/aromatic N) is 4. The summed E-state index contributed by atoms with van der Waals surface area (Å²) in [6, 6.07) is 0. The maximum atomic E-state index is 12.9. The quantitative estimate of drug-likeness (QED) is 0.802. The van der Waals surface area contributed by atoms with Crippen molar-refractivity contribution in [1.29, 1.82) is 0 Å². The highest BCUT2D eigenvalue weighted by atomic mass is 32.2. The zero-order valence-electron chi connectivity index (χ0n) is 12.3. The van der Waals surface area contributed by atoms with E-state index in [1.807, 2.05) is 6.92 Å². The van der Waals surface area contributed by atoms with Gasteiger partial charge in [0.15, 0.2) is 5.65 Å². The average molecular weight is 318 g/mol. The van der Waals surface area contributed by atoms with Crippen LogP contribution in [0.5, 0.6) is 0 Å². The summed E-state index contributed by atoms with van der Waals surface area (Å²) in [7, 11) is 0. The van der Waals surface area contributed by atoms with E-state index in [9.17, 15) is 13.2 Å². The van der Waals surface area contributed by atoms with Crippen molar-refractivity contribution in [3.8, 4) is 0 Å². The number of halogens is 3. The van der Waals surface area contributed by atoms with Crippen molar-refractivity contribution in [2.75, 3.05) is 5.75 Å². The van der Waals surface area contributed by atoms with Gasteiger partial charge in [-0.1, -0.05) is 13.8 Å². The van der Waals surface area contributed by atoms with Crippen LogP contribution >= 0.6 is 11.8 Å². The van der Waals surface area contributed by atoms with E-state index in [0.717, 1.165) is 22.3 Å². The lowest BCUT2D eigenvalue weighted by Gasteiger charge is -2.11. The van der Waals surface area contributed by atoms with Gasteiger partial charge in [0.1, 0.15) is 5.03 Å². The summed E-state index contributed by atoms with van der Waals surface area (Å²) < 4.78 is 39.5. The van der Waals surface area contributed by atoms with Crippen LogP contribution in [0.25, 0.3) is 5.65 Å². The van der Waals surface area contributed by atoms with Crippen molar-refractivity contribution >= 4 is 17.4 Å². The molecule has 2 aromatic rings. The minimum absolute atomic E-state index is 0.160. The molecule has 0 spiro atoms. The summed E-state index contributed by atoms with van der Waals surface area (Å²) in [6.45, 7) is 7.81. The third kappa shape index (κ3) is 3.30. The van der Waals surface area contributed by atoms with E-state index < -0.39 is 12.0 Å². The second-order valence-electron chi connectivity index (χ2n) is 5.34. The van der Waals surface area contributed by atoms with Gasteiger partial charge >= 0.3 is 6.18 Å². The summed E-state index contributed by atoms with van der Waals surface area (Å²) in [5.74, 6) is 0.287. The lowest BCUT2D eigenvalue weighted by molar-refractivity contribution is -0.146. The number of aromatic nitrogens is 4. The van der Waals surface area contributed by atoms with Crippen molar-refractivity contribution < 1.29 is 13.2 Å². The molecular weight excluding hydrogens is 301 g/mol. The minimum atomic E-state index is -4.56. The molecule has 0 unspecified atom stereocenters. The maximum Gasteiger partial charge on any atom is 0.453 e. The summed E-state index contributed by atoms with van der Waals surface area (Å²) in [5.41, 5.74) is 1.70. The molecule has 0 radical (unpaired) electrons. The topological polar surface area (TPSA) is 43.1 Å². The normalized spacial score (nSPS) is 12.6. The molecule has 0 saturated carbocycles. The summed E-state index contributed by atoms with van der Waals surface area (Å²) >= 11 is 1.47. The van der Waals surface area contributed by atoms with Gasteiger partial charge in [-0.05, 0) is 37.5 Å². The van der Waals surface area contributed by atoms with Crippen molar-refractivity contribution in [2.24, 2.45) is 5.92 Å². The zero-order chi connectivity index (χ0) is 15.8. The third-order valence-corrected chi connectivity index (χ3v) is 4.34. The van der Waals surface area contributed by atoms with Crippen LogP contribution in [0, 0.1) is 19.8 Å². The number of hydrogen-bond acceptors (Lipinski definition) is 4. The highest BCUT2D eigenvalue weighted by Gasteiger charge is 2.38. The van der Waals surface area contributed by atoms with E-state index in [0.29, 0.717) is 16.5 Å². The molecule has 116 valence electrons. The molecule has 2 aromatic heterocycles. The Morgan fingerprint density at radius 3 is 2.38 bits per heavy atom. The van der Waals surface area contributed by atoms with Crippen molar-refractivity contribution in [3.63, 3.8) is 0 Å². The summed E-state index contributed by atoms with van der Waals surface area (Å²) in [4.78, 5) is 0. The van der Waals surface area contributed by atoms with Gasteiger partial charge in [-0.25, -0.2) is 0 Å². The molecule has 8 heteroatoms. The fourth-order valence-electron chi connectivity index (χ4n) is 1.81. The van der Waals surface area contributed by atoms with Crippen LogP contribution < -0.4 is 0 Å². The fraction of sp³-hybridized carbons (Fsp3) is 0.615. The molecule has 2 heterocycles. The fourth-order valence-corrected chi connectivity index (χ4v) is 3.10. The summed E-state index contributed by atoms with van der Waals surface area (Å²) in [5, 5.41) is 11.5. The van der Waals surface area contributed by atoms with Gasteiger partial charge in [0, 0.05) is 5.56 Å². The lowest BCUT2D eigenvalue weighted by Crippen LogP contribution is -2.13. The zero-order valence-corrected chi connectivity index (χ0v) is 13.1. The highest BCUT2D eigenvalue weighted by Crippen LogP contribution is 2.31. The smallest absolute Gasteiger partial charge is 0.187 e. The molecule has 0 amide bonds. The van der Waals surface area contributed by atoms with E-state index >= 15 is 0 Å². The molecule has 0 fully saturated rings. The van der Waals surface area contributed by atoms with E-state index in [1.54, 1.807) is 6.92 Å². The van der Waals surface area contributed by atoms with Gasteiger partial charge in [0.25, 0.3) is 5.82 Å². The van der Waals surface area contributed by atoms with Crippen molar-refractivity contribution in [1.82, 2.24) is 19.8 Å². The van der Waals surface area contributed by atoms with Crippen molar-refractivity contribution in [2.45, 2.75) is 45.3 Å². The molecule has 2 rings (SSSR count). The lowest BCUT2D eigenvalue weighted by atomic mass is 10.2. The van der Waals surface area contributed by atoms with E-state index in [4.69, 9.17) is 0 Å². The minimum Gasteiger partial charge on any atom is -0.187 e. The predicted molar refractivity (Wildman–Crippen MR) is 75.4 cm³/mol. The van der Waals surface area contributed by atoms with Crippen LogP contribution in [-0.2, 0) is 6.18 Å². The Labute approximate surface area is 125 Å². The number of alkyl halides is 3. The first-order chi connectivity index (χ1) is 9.71.